The molecule has 1 unspecified atom stereocenters. The van der Waals surface area contributed by atoms with E-state index >= 15 is 0 Å². The van der Waals surface area contributed by atoms with Gasteiger partial charge in [0, 0.05) is 47.7 Å². The summed E-state index contributed by atoms with van der Waals surface area (Å²) in [6, 6.07) is 7.06. The van der Waals surface area contributed by atoms with Crippen LogP contribution in [0.1, 0.15) is 44.0 Å². The van der Waals surface area contributed by atoms with E-state index in [2.05, 4.69) is 33.4 Å². The van der Waals surface area contributed by atoms with Crippen molar-refractivity contribution in [2.45, 2.75) is 57.5 Å². The molecule has 38 heavy (non-hydrogen) atoms. The topological polar surface area (TPSA) is 149 Å². The van der Waals surface area contributed by atoms with Crippen LogP contribution >= 0.6 is 0 Å². The predicted molar refractivity (Wildman–Crippen MR) is 147 cm³/mol. The Kier molecular flexibility index (Phi) is 7.01. The first kappa shape index (κ1) is 26.3. The van der Waals surface area contributed by atoms with Crippen molar-refractivity contribution in [3.05, 3.63) is 53.6 Å². The summed E-state index contributed by atoms with van der Waals surface area (Å²) in [5.41, 5.74) is 16.7. The summed E-state index contributed by atoms with van der Waals surface area (Å²) < 4.78 is 34.3. The smallest absolute Gasteiger partial charge is 0.244 e. The van der Waals surface area contributed by atoms with Crippen molar-refractivity contribution in [3.8, 4) is 16.9 Å². The van der Waals surface area contributed by atoms with Gasteiger partial charge in [-0.1, -0.05) is 19.9 Å². The monoisotopic (exact) mass is 537 g/mol. The van der Waals surface area contributed by atoms with Crippen LogP contribution < -0.4 is 25.8 Å². The highest BCUT2D eigenvalue weighted by molar-refractivity contribution is 7.89. The highest BCUT2D eigenvalue weighted by atomic mass is 32.2. The fraction of sp³-hybridized carbons (Fsp3) is 0.444. The van der Waals surface area contributed by atoms with Gasteiger partial charge in [-0.05, 0) is 55.4 Å². The third kappa shape index (κ3) is 5.45. The summed E-state index contributed by atoms with van der Waals surface area (Å²) >= 11 is 0. The zero-order valence-corrected chi connectivity index (χ0v) is 22.9. The predicted octanol–water partition coefficient (Wildman–Crippen LogP) is 2.66. The standard InChI is InChI=1S/C27H35N7O3S/c1-17(28)13-33-38(35,36)24-11-19(14-30-25(24)29)18-4-5-23-20(10-18)15-34(8-9-37-23)26-21-12-27(2,3)7-6-22(21)31-16-32-26/h4-5,10-11,14,16-17,33H,6-9,12-13,15,28H2,1-3H3,(H2,29,30). The van der Waals surface area contributed by atoms with Crippen molar-refractivity contribution in [2.24, 2.45) is 11.1 Å². The average molecular weight is 538 g/mol. The lowest BCUT2D eigenvalue weighted by molar-refractivity contribution is 0.310. The van der Waals surface area contributed by atoms with Crippen LogP contribution in [0.5, 0.6) is 5.75 Å². The number of nitrogen functional groups attached to an aromatic ring is 1. The number of fused-ring (bicyclic) bond motifs is 2. The Hall–Kier alpha value is -3.28. The average Bonchev–Trinajstić information content (AvgIpc) is 3.09. The molecule has 0 saturated carbocycles. The molecule has 0 amide bonds. The second kappa shape index (κ2) is 10.1. The molecular weight excluding hydrogens is 502 g/mol. The van der Waals surface area contributed by atoms with Gasteiger partial charge in [-0.3, -0.25) is 0 Å². The van der Waals surface area contributed by atoms with Gasteiger partial charge in [0.05, 0.1) is 6.54 Å². The van der Waals surface area contributed by atoms with Crippen LogP contribution in [-0.2, 0) is 29.4 Å². The molecule has 0 saturated heterocycles. The number of ether oxygens (including phenoxy) is 1. The summed E-state index contributed by atoms with van der Waals surface area (Å²) in [5, 5.41) is 0. The van der Waals surface area contributed by atoms with Gasteiger partial charge in [0.2, 0.25) is 10.0 Å². The van der Waals surface area contributed by atoms with Gasteiger partial charge in [-0.15, -0.1) is 0 Å². The van der Waals surface area contributed by atoms with E-state index in [0.717, 1.165) is 47.7 Å². The highest BCUT2D eigenvalue weighted by Crippen LogP contribution is 2.39. The van der Waals surface area contributed by atoms with Crippen molar-refractivity contribution in [2.75, 3.05) is 30.3 Å². The van der Waals surface area contributed by atoms with Crippen LogP contribution in [0.3, 0.4) is 0 Å². The van der Waals surface area contributed by atoms with Gasteiger partial charge >= 0.3 is 0 Å². The number of rotatable bonds is 6. The van der Waals surface area contributed by atoms with Crippen LogP contribution in [0, 0.1) is 5.41 Å². The molecule has 1 atom stereocenters. The Morgan fingerprint density at radius 2 is 2.00 bits per heavy atom. The number of aromatic nitrogens is 3. The molecule has 2 aromatic heterocycles. The molecule has 202 valence electrons. The molecule has 3 heterocycles. The van der Waals surface area contributed by atoms with Gasteiger partial charge < -0.3 is 21.1 Å². The SMILES string of the molecule is CC(N)CNS(=O)(=O)c1cc(-c2ccc3c(c2)CN(c2ncnc4c2CC(C)(C)CC4)CCO3)cnc1N. The molecule has 0 spiro atoms. The third-order valence-corrected chi connectivity index (χ3v) is 8.60. The number of aryl methyl sites for hydroxylation is 1. The summed E-state index contributed by atoms with van der Waals surface area (Å²) in [5.74, 6) is 1.70. The number of nitrogens with zero attached hydrogens (tertiary/aromatic N) is 4. The maximum atomic E-state index is 12.9. The largest absolute Gasteiger partial charge is 0.491 e. The number of nitrogens with two attached hydrogens (primary N) is 2. The van der Waals surface area contributed by atoms with E-state index in [4.69, 9.17) is 21.2 Å². The molecule has 0 fully saturated rings. The second-order valence-electron chi connectivity index (χ2n) is 11.0. The van der Waals surface area contributed by atoms with Crippen molar-refractivity contribution < 1.29 is 13.2 Å². The second-order valence-corrected chi connectivity index (χ2v) is 12.7. The normalized spacial score (nSPS) is 17.6. The Balaban J connectivity index is 1.47. The van der Waals surface area contributed by atoms with Gasteiger partial charge in [-0.25, -0.2) is 28.1 Å². The van der Waals surface area contributed by atoms with E-state index in [1.807, 2.05) is 18.2 Å². The first-order valence-corrected chi connectivity index (χ1v) is 14.4. The van der Waals surface area contributed by atoms with Gasteiger partial charge in [0.15, 0.2) is 0 Å². The third-order valence-electron chi connectivity index (χ3n) is 7.15. The molecule has 1 aliphatic carbocycles. The first-order valence-electron chi connectivity index (χ1n) is 12.9. The van der Waals surface area contributed by atoms with E-state index in [9.17, 15) is 8.42 Å². The van der Waals surface area contributed by atoms with Gasteiger partial charge in [0.1, 0.15) is 35.2 Å². The molecule has 5 rings (SSSR count). The molecule has 10 nitrogen and oxygen atoms in total. The maximum Gasteiger partial charge on any atom is 0.244 e. The number of anilines is 2. The van der Waals surface area contributed by atoms with Crippen LogP contribution in [0.2, 0.25) is 0 Å². The Bertz CT molecular complexity index is 1460. The van der Waals surface area contributed by atoms with Crippen molar-refractivity contribution in [1.82, 2.24) is 19.7 Å². The quantitative estimate of drug-likeness (QED) is 0.431. The number of hydrogen-bond acceptors (Lipinski definition) is 9. The van der Waals surface area contributed by atoms with Crippen molar-refractivity contribution >= 4 is 21.7 Å². The van der Waals surface area contributed by atoms with Gasteiger partial charge in [-0.2, -0.15) is 0 Å². The summed E-state index contributed by atoms with van der Waals surface area (Å²) in [7, 11) is -3.87. The Morgan fingerprint density at radius 1 is 1.18 bits per heavy atom. The van der Waals surface area contributed by atoms with Gasteiger partial charge in [0.25, 0.3) is 0 Å². The van der Waals surface area contributed by atoms with Crippen molar-refractivity contribution in [1.29, 1.82) is 0 Å². The Morgan fingerprint density at radius 3 is 2.79 bits per heavy atom. The number of nitrogens with one attached hydrogen (secondary N) is 1. The molecule has 1 aliphatic heterocycles. The Labute approximate surface area is 223 Å². The zero-order chi connectivity index (χ0) is 27.1. The van der Waals surface area contributed by atoms with E-state index in [-0.39, 0.29) is 28.7 Å². The van der Waals surface area contributed by atoms with Crippen LogP contribution in [0.4, 0.5) is 11.6 Å². The van der Waals surface area contributed by atoms with E-state index in [0.29, 0.717) is 25.3 Å². The molecule has 0 radical (unpaired) electrons. The maximum absolute atomic E-state index is 12.9. The summed E-state index contributed by atoms with van der Waals surface area (Å²) in [4.78, 5) is 15.6. The molecule has 3 aromatic rings. The van der Waals surface area contributed by atoms with Crippen LogP contribution in [-0.4, -0.2) is 49.1 Å². The molecular formula is C27H35N7O3S. The van der Waals surface area contributed by atoms with Crippen LogP contribution in [0.25, 0.3) is 11.1 Å². The molecule has 0 bridgehead atoms. The molecule has 11 heteroatoms. The lowest BCUT2D eigenvalue weighted by Crippen LogP contribution is -2.35. The minimum absolute atomic E-state index is 0.0633. The number of sulfonamides is 1. The summed E-state index contributed by atoms with van der Waals surface area (Å²) in [6.45, 7) is 8.25. The molecule has 1 aromatic carbocycles. The van der Waals surface area contributed by atoms with E-state index in [1.165, 1.54) is 5.56 Å². The first-order chi connectivity index (χ1) is 18.0. The van der Waals surface area contributed by atoms with E-state index in [1.54, 1.807) is 25.5 Å². The number of pyridine rings is 1. The summed E-state index contributed by atoms with van der Waals surface area (Å²) in [6.07, 6.45) is 6.25. The molecule has 5 N–H and O–H groups in total. The molecule has 2 aliphatic rings. The lowest BCUT2D eigenvalue weighted by atomic mass is 9.76. The van der Waals surface area contributed by atoms with Crippen molar-refractivity contribution in [3.63, 3.8) is 0 Å². The minimum Gasteiger partial charge on any atom is -0.491 e. The fourth-order valence-corrected chi connectivity index (χ4v) is 6.28. The lowest BCUT2D eigenvalue weighted by Gasteiger charge is -2.33. The zero-order valence-electron chi connectivity index (χ0n) is 22.1. The fourth-order valence-electron chi connectivity index (χ4n) is 5.03. The number of hydrogen-bond donors (Lipinski definition) is 3. The number of benzene rings is 1. The highest BCUT2D eigenvalue weighted by Gasteiger charge is 2.31. The van der Waals surface area contributed by atoms with E-state index < -0.39 is 10.0 Å². The minimum atomic E-state index is -3.87. The van der Waals surface area contributed by atoms with Crippen LogP contribution in [0.15, 0.2) is 41.7 Å².